The number of para-hydroxylation sites is 1. The zero-order valence-electron chi connectivity index (χ0n) is 18.9. The smallest absolute Gasteiger partial charge is 0.236 e. The van der Waals surface area contributed by atoms with Crippen LogP contribution in [0.15, 0.2) is 29.3 Å². The Bertz CT molecular complexity index is 750. The molecule has 1 aliphatic carbocycles. The Balaban J connectivity index is 1.24. The molecule has 0 spiro atoms. The Morgan fingerprint density at radius 1 is 1.00 bits per heavy atom. The van der Waals surface area contributed by atoms with Gasteiger partial charge in [0.2, 0.25) is 5.91 Å². The first-order valence-electron chi connectivity index (χ1n) is 11.9. The van der Waals surface area contributed by atoms with Crippen molar-refractivity contribution in [3.63, 3.8) is 0 Å². The van der Waals surface area contributed by atoms with Crippen LogP contribution in [0.5, 0.6) is 5.75 Å². The van der Waals surface area contributed by atoms with Gasteiger partial charge >= 0.3 is 0 Å². The highest BCUT2D eigenvalue weighted by Crippen LogP contribution is 2.27. The van der Waals surface area contributed by atoms with Crippen molar-refractivity contribution in [3.8, 4) is 5.75 Å². The van der Waals surface area contributed by atoms with Crippen molar-refractivity contribution in [3.05, 3.63) is 29.8 Å². The quantitative estimate of drug-likeness (QED) is 0.558. The second kappa shape index (κ2) is 10.8. The Morgan fingerprint density at radius 3 is 2.42 bits per heavy atom. The molecule has 2 aliphatic heterocycles. The number of nitrogens with one attached hydrogen (secondary N) is 1. The number of rotatable bonds is 6. The topological polar surface area (TPSA) is 60.4 Å². The van der Waals surface area contributed by atoms with Crippen molar-refractivity contribution in [2.75, 3.05) is 52.9 Å². The van der Waals surface area contributed by atoms with Crippen LogP contribution in [0.3, 0.4) is 0 Å². The predicted octanol–water partition coefficient (Wildman–Crippen LogP) is 2.32. The largest absolute Gasteiger partial charge is 0.490 e. The number of hydrogen-bond donors (Lipinski definition) is 1. The average molecular weight is 428 g/mol. The molecule has 0 bridgehead atoms. The van der Waals surface area contributed by atoms with E-state index in [1.807, 2.05) is 18.0 Å². The fourth-order valence-corrected chi connectivity index (χ4v) is 4.49. The first kappa shape index (κ1) is 21.9. The van der Waals surface area contributed by atoms with E-state index in [1.54, 1.807) is 0 Å². The van der Waals surface area contributed by atoms with Gasteiger partial charge in [0.15, 0.2) is 5.96 Å². The number of piperidine rings is 1. The summed E-state index contributed by atoms with van der Waals surface area (Å²) in [5.74, 6) is 2.19. The SMILES string of the molecule is CN=C(NCc1ccccc1OC1CCC1)N1CCN(CC(=O)N2CCCCC2)CC1. The van der Waals surface area contributed by atoms with Crippen LogP contribution in [0.25, 0.3) is 0 Å². The summed E-state index contributed by atoms with van der Waals surface area (Å²) in [7, 11) is 1.84. The number of nitrogens with zero attached hydrogens (tertiary/aromatic N) is 4. The lowest BCUT2D eigenvalue weighted by Gasteiger charge is -2.37. The van der Waals surface area contributed by atoms with Gasteiger partial charge in [-0.15, -0.1) is 0 Å². The summed E-state index contributed by atoms with van der Waals surface area (Å²) in [5, 5.41) is 3.51. The number of ether oxygens (including phenoxy) is 1. The van der Waals surface area contributed by atoms with Gasteiger partial charge in [-0.2, -0.15) is 0 Å². The molecule has 2 saturated heterocycles. The monoisotopic (exact) mass is 427 g/mol. The van der Waals surface area contributed by atoms with E-state index < -0.39 is 0 Å². The van der Waals surface area contributed by atoms with Gasteiger partial charge in [-0.3, -0.25) is 14.7 Å². The van der Waals surface area contributed by atoms with Gasteiger partial charge in [0.05, 0.1) is 12.6 Å². The van der Waals surface area contributed by atoms with Crippen LogP contribution in [0, 0.1) is 0 Å². The van der Waals surface area contributed by atoms with Crippen molar-refractivity contribution in [2.24, 2.45) is 4.99 Å². The molecule has 0 aromatic heterocycles. The lowest BCUT2D eigenvalue weighted by molar-refractivity contribution is -0.133. The Labute approximate surface area is 186 Å². The molecule has 1 amide bonds. The predicted molar refractivity (Wildman–Crippen MR) is 123 cm³/mol. The molecule has 4 rings (SSSR count). The van der Waals surface area contributed by atoms with Gasteiger partial charge in [-0.1, -0.05) is 18.2 Å². The van der Waals surface area contributed by atoms with E-state index in [0.717, 1.165) is 76.7 Å². The Kier molecular flexibility index (Phi) is 7.67. The minimum Gasteiger partial charge on any atom is -0.490 e. The van der Waals surface area contributed by atoms with Crippen molar-refractivity contribution >= 4 is 11.9 Å². The summed E-state index contributed by atoms with van der Waals surface area (Å²) in [6.07, 6.45) is 7.52. The summed E-state index contributed by atoms with van der Waals surface area (Å²) in [5.41, 5.74) is 1.17. The number of likely N-dealkylation sites (tertiary alicyclic amines) is 1. The summed E-state index contributed by atoms with van der Waals surface area (Å²) in [6, 6.07) is 8.29. The summed E-state index contributed by atoms with van der Waals surface area (Å²) in [6.45, 7) is 6.65. The molecule has 2 heterocycles. The second-order valence-corrected chi connectivity index (χ2v) is 8.88. The third-order valence-electron chi connectivity index (χ3n) is 6.71. The van der Waals surface area contributed by atoms with E-state index in [0.29, 0.717) is 25.1 Å². The molecule has 7 heteroatoms. The molecular formula is C24H37N5O2. The molecule has 3 fully saturated rings. The molecule has 1 aromatic rings. The van der Waals surface area contributed by atoms with Gasteiger partial charge < -0.3 is 19.9 Å². The number of amides is 1. The Morgan fingerprint density at radius 2 is 1.74 bits per heavy atom. The van der Waals surface area contributed by atoms with Gasteiger partial charge in [0, 0.05) is 58.4 Å². The van der Waals surface area contributed by atoms with Crippen molar-refractivity contribution < 1.29 is 9.53 Å². The van der Waals surface area contributed by atoms with E-state index in [9.17, 15) is 4.79 Å². The standard InChI is InChI=1S/C24H37N5O2/c1-25-24(26-18-20-8-3-4-11-22(20)31-21-9-7-10-21)29-16-14-27(15-17-29)19-23(30)28-12-5-2-6-13-28/h3-4,8,11,21H,2,5-7,9-10,12-19H2,1H3,(H,25,26). The lowest BCUT2D eigenvalue weighted by Crippen LogP contribution is -2.54. The number of aliphatic imine (C=N–C) groups is 1. The number of benzene rings is 1. The van der Waals surface area contributed by atoms with Crippen LogP contribution in [-0.4, -0.2) is 85.5 Å². The summed E-state index contributed by atoms with van der Waals surface area (Å²) < 4.78 is 6.16. The van der Waals surface area contributed by atoms with Crippen molar-refractivity contribution in [2.45, 2.75) is 51.2 Å². The van der Waals surface area contributed by atoms with Gasteiger partial charge in [-0.25, -0.2) is 0 Å². The van der Waals surface area contributed by atoms with Crippen LogP contribution in [0.1, 0.15) is 44.1 Å². The van der Waals surface area contributed by atoms with E-state index in [1.165, 1.54) is 18.4 Å². The normalized spacial score (nSPS) is 21.0. The van der Waals surface area contributed by atoms with E-state index >= 15 is 0 Å². The third kappa shape index (κ3) is 5.91. The van der Waals surface area contributed by atoms with Crippen LogP contribution < -0.4 is 10.1 Å². The zero-order valence-corrected chi connectivity index (χ0v) is 18.9. The number of carbonyl (C=O) groups is 1. The fourth-order valence-electron chi connectivity index (χ4n) is 4.49. The van der Waals surface area contributed by atoms with Crippen LogP contribution in [0.2, 0.25) is 0 Å². The maximum absolute atomic E-state index is 12.6. The van der Waals surface area contributed by atoms with E-state index in [2.05, 4.69) is 38.3 Å². The van der Waals surface area contributed by atoms with Crippen LogP contribution in [-0.2, 0) is 11.3 Å². The van der Waals surface area contributed by atoms with Gasteiger partial charge in [0.1, 0.15) is 5.75 Å². The molecule has 1 saturated carbocycles. The van der Waals surface area contributed by atoms with Crippen LogP contribution >= 0.6 is 0 Å². The maximum Gasteiger partial charge on any atom is 0.236 e. The molecule has 31 heavy (non-hydrogen) atoms. The molecule has 7 nitrogen and oxygen atoms in total. The minimum absolute atomic E-state index is 0.290. The highest BCUT2D eigenvalue weighted by atomic mass is 16.5. The molecule has 1 N–H and O–H groups in total. The highest BCUT2D eigenvalue weighted by molar-refractivity contribution is 5.80. The number of piperazine rings is 1. The zero-order chi connectivity index (χ0) is 21.5. The molecule has 3 aliphatic rings. The number of guanidine groups is 1. The second-order valence-electron chi connectivity index (χ2n) is 8.88. The summed E-state index contributed by atoms with van der Waals surface area (Å²) in [4.78, 5) is 23.7. The lowest BCUT2D eigenvalue weighted by atomic mass is 9.96. The molecule has 0 atom stereocenters. The van der Waals surface area contributed by atoms with E-state index in [4.69, 9.17) is 4.74 Å². The summed E-state index contributed by atoms with van der Waals surface area (Å²) >= 11 is 0. The fraction of sp³-hybridized carbons (Fsp3) is 0.667. The first-order chi connectivity index (χ1) is 15.2. The van der Waals surface area contributed by atoms with Crippen molar-refractivity contribution in [1.82, 2.24) is 20.0 Å². The molecule has 0 unspecified atom stereocenters. The number of carbonyl (C=O) groups excluding carboxylic acids is 1. The maximum atomic E-state index is 12.6. The molecule has 170 valence electrons. The van der Waals surface area contributed by atoms with Gasteiger partial charge in [0.25, 0.3) is 0 Å². The van der Waals surface area contributed by atoms with E-state index in [-0.39, 0.29) is 0 Å². The first-order valence-corrected chi connectivity index (χ1v) is 11.9. The molecule has 0 radical (unpaired) electrons. The average Bonchev–Trinajstić information content (AvgIpc) is 2.79. The van der Waals surface area contributed by atoms with Gasteiger partial charge in [-0.05, 0) is 44.6 Å². The van der Waals surface area contributed by atoms with Crippen LogP contribution in [0.4, 0.5) is 0 Å². The Hall–Kier alpha value is -2.28. The molecule has 1 aromatic carbocycles. The minimum atomic E-state index is 0.290. The molecular weight excluding hydrogens is 390 g/mol. The van der Waals surface area contributed by atoms with Crippen molar-refractivity contribution in [1.29, 1.82) is 0 Å². The highest BCUT2D eigenvalue weighted by Gasteiger charge is 2.24. The third-order valence-corrected chi connectivity index (χ3v) is 6.71. The number of hydrogen-bond acceptors (Lipinski definition) is 4.